The maximum absolute atomic E-state index is 5.16. The van der Waals surface area contributed by atoms with Crippen LogP contribution in [0.5, 0.6) is 0 Å². The molecule has 0 aromatic carbocycles. The first-order valence-electron chi connectivity index (χ1n) is 4.85. The minimum absolute atomic E-state index is 0.938. The summed E-state index contributed by atoms with van der Waals surface area (Å²) in [7, 11) is 1.72. The molecule has 0 N–H and O–H groups in total. The van der Waals surface area contributed by atoms with Gasteiger partial charge in [0.1, 0.15) is 5.82 Å². The van der Waals surface area contributed by atoms with Crippen molar-refractivity contribution in [1.29, 1.82) is 0 Å². The van der Waals surface area contributed by atoms with Crippen LogP contribution in [-0.4, -0.2) is 43.3 Å². The summed E-state index contributed by atoms with van der Waals surface area (Å²) in [5, 5.41) is 1.97. The lowest BCUT2D eigenvalue weighted by atomic mass is 10.3. The summed E-state index contributed by atoms with van der Waals surface area (Å²) >= 11 is 0. The molecule has 1 aliphatic heterocycles. The van der Waals surface area contributed by atoms with E-state index in [9.17, 15) is 0 Å². The molecular formula is C10H15N3O. The molecule has 2 heterocycles. The first-order valence-corrected chi connectivity index (χ1v) is 4.85. The number of nitrogens with zero attached hydrogens (tertiary/aromatic N) is 3. The molecule has 0 bridgehead atoms. The van der Waals surface area contributed by atoms with Crippen LogP contribution in [0.1, 0.15) is 0 Å². The normalized spacial score (nSPS) is 18.5. The number of pyridine rings is 1. The van der Waals surface area contributed by atoms with Crippen LogP contribution in [0.4, 0.5) is 5.82 Å². The van der Waals surface area contributed by atoms with Crippen molar-refractivity contribution in [3.8, 4) is 0 Å². The molecule has 4 heteroatoms. The predicted molar refractivity (Wildman–Crippen MR) is 55.0 cm³/mol. The molecule has 2 rings (SSSR count). The molecule has 0 unspecified atom stereocenters. The zero-order valence-corrected chi connectivity index (χ0v) is 8.39. The third-order valence-electron chi connectivity index (χ3n) is 2.47. The molecule has 1 aromatic heterocycles. The van der Waals surface area contributed by atoms with Crippen molar-refractivity contribution >= 4 is 5.82 Å². The van der Waals surface area contributed by atoms with E-state index in [4.69, 9.17) is 4.84 Å². The standard InChI is InChI=1S/C10H15N3O/c1-14-13-8-6-12(7-9-13)10-4-2-3-5-11-10/h2-5H,6-9H2,1H3. The van der Waals surface area contributed by atoms with E-state index in [0.29, 0.717) is 0 Å². The molecule has 1 aliphatic rings. The fourth-order valence-corrected chi connectivity index (χ4v) is 1.64. The van der Waals surface area contributed by atoms with Crippen LogP contribution < -0.4 is 4.90 Å². The SMILES string of the molecule is CON1CCN(c2ccccn2)CC1. The number of hydroxylamine groups is 2. The van der Waals surface area contributed by atoms with Gasteiger partial charge in [-0.05, 0) is 12.1 Å². The van der Waals surface area contributed by atoms with Crippen molar-refractivity contribution in [1.82, 2.24) is 10.0 Å². The van der Waals surface area contributed by atoms with E-state index in [1.165, 1.54) is 0 Å². The summed E-state index contributed by atoms with van der Waals surface area (Å²) < 4.78 is 0. The minimum atomic E-state index is 0.938. The van der Waals surface area contributed by atoms with E-state index >= 15 is 0 Å². The summed E-state index contributed by atoms with van der Waals surface area (Å²) in [6.45, 7) is 3.83. The lowest BCUT2D eigenvalue weighted by Crippen LogP contribution is -2.46. The molecule has 1 aromatic rings. The molecular weight excluding hydrogens is 178 g/mol. The molecule has 0 aliphatic carbocycles. The summed E-state index contributed by atoms with van der Waals surface area (Å²) in [6.07, 6.45) is 1.83. The van der Waals surface area contributed by atoms with Crippen molar-refractivity contribution in [2.75, 3.05) is 38.2 Å². The van der Waals surface area contributed by atoms with Gasteiger partial charge in [0, 0.05) is 32.4 Å². The third kappa shape index (κ3) is 2.02. The van der Waals surface area contributed by atoms with Gasteiger partial charge in [-0.1, -0.05) is 6.07 Å². The molecule has 0 atom stereocenters. The summed E-state index contributed by atoms with van der Waals surface area (Å²) in [4.78, 5) is 11.8. The second-order valence-corrected chi connectivity index (χ2v) is 3.29. The Kier molecular flexibility index (Phi) is 2.96. The lowest BCUT2D eigenvalue weighted by Gasteiger charge is -2.33. The van der Waals surface area contributed by atoms with E-state index in [1.54, 1.807) is 7.11 Å². The fourth-order valence-electron chi connectivity index (χ4n) is 1.64. The van der Waals surface area contributed by atoms with E-state index < -0.39 is 0 Å². The molecule has 0 spiro atoms. The topological polar surface area (TPSA) is 28.6 Å². The van der Waals surface area contributed by atoms with Gasteiger partial charge in [0.05, 0.1) is 7.11 Å². The van der Waals surface area contributed by atoms with Crippen LogP contribution >= 0.6 is 0 Å². The molecule has 0 amide bonds. The Morgan fingerprint density at radius 3 is 2.57 bits per heavy atom. The Balaban J connectivity index is 1.96. The molecule has 14 heavy (non-hydrogen) atoms. The number of anilines is 1. The Hall–Kier alpha value is -1.13. The van der Waals surface area contributed by atoms with Gasteiger partial charge in [-0.3, -0.25) is 0 Å². The first kappa shape index (κ1) is 9.43. The maximum atomic E-state index is 5.16. The predicted octanol–water partition coefficient (Wildman–Crippen LogP) is 0.765. The van der Waals surface area contributed by atoms with Gasteiger partial charge in [-0.2, -0.15) is 5.06 Å². The van der Waals surface area contributed by atoms with E-state index in [0.717, 1.165) is 32.0 Å². The van der Waals surface area contributed by atoms with Crippen LogP contribution in [0.15, 0.2) is 24.4 Å². The Morgan fingerprint density at radius 1 is 1.21 bits per heavy atom. The largest absolute Gasteiger partial charge is 0.354 e. The Labute approximate surface area is 84.1 Å². The number of hydrogen-bond donors (Lipinski definition) is 0. The highest BCUT2D eigenvalue weighted by Gasteiger charge is 2.16. The van der Waals surface area contributed by atoms with Gasteiger partial charge in [0.25, 0.3) is 0 Å². The molecule has 76 valence electrons. The van der Waals surface area contributed by atoms with Crippen molar-refractivity contribution < 1.29 is 4.84 Å². The van der Waals surface area contributed by atoms with Gasteiger partial charge in [-0.25, -0.2) is 4.98 Å². The van der Waals surface area contributed by atoms with Gasteiger partial charge in [-0.15, -0.1) is 0 Å². The smallest absolute Gasteiger partial charge is 0.128 e. The highest BCUT2D eigenvalue weighted by atomic mass is 16.7. The van der Waals surface area contributed by atoms with E-state index in [2.05, 4.69) is 9.88 Å². The molecule has 0 saturated carbocycles. The number of piperazine rings is 1. The zero-order chi connectivity index (χ0) is 9.80. The quantitative estimate of drug-likeness (QED) is 0.693. The van der Waals surface area contributed by atoms with Crippen molar-refractivity contribution in [3.63, 3.8) is 0 Å². The van der Waals surface area contributed by atoms with Crippen LogP contribution in [0, 0.1) is 0 Å². The highest BCUT2D eigenvalue weighted by Crippen LogP contribution is 2.11. The number of rotatable bonds is 2. The second-order valence-electron chi connectivity index (χ2n) is 3.29. The Bertz CT molecular complexity index is 270. The molecule has 4 nitrogen and oxygen atoms in total. The van der Waals surface area contributed by atoms with Crippen LogP contribution in [0.3, 0.4) is 0 Å². The Morgan fingerprint density at radius 2 is 2.00 bits per heavy atom. The molecule has 0 radical (unpaired) electrons. The molecule has 1 fully saturated rings. The lowest BCUT2D eigenvalue weighted by molar-refractivity contribution is -0.133. The maximum Gasteiger partial charge on any atom is 0.128 e. The van der Waals surface area contributed by atoms with Gasteiger partial charge in [0.2, 0.25) is 0 Å². The monoisotopic (exact) mass is 193 g/mol. The van der Waals surface area contributed by atoms with E-state index in [-0.39, 0.29) is 0 Å². The summed E-state index contributed by atoms with van der Waals surface area (Å²) in [5.74, 6) is 1.06. The van der Waals surface area contributed by atoms with Crippen molar-refractivity contribution in [2.45, 2.75) is 0 Å². The van der Waals surface area contributed by atoms with Crippen LogP contribution in [0.25, 0.3) is 0 Å². The average molecular weight is 193 g/mol. The van der Waals surface area contributed by atoms with Gasteiger partial charge in [0.15, 0.2) is 0 Å². The van der Waals surface area contributed by atoms with E-state index in [1.807, 2.05) is 29.5 Å². The van der Waals surface area contributed by atoms with Crippen LogP contribution in [0.2, 0.25) is 0 Å². The van der Waals surface area contributed by atoms with Gasteiger partial charge < -0.3 is 9.74 Å². The number of hydrogen-bond acceptors (Lipinski definition) is 4. The van der Waals surface area contributed by atoms with Crippen LogP contribution in [-0.2, 0) is 4.84 Å². The number of aromatic nitrogens is 1. The minimum Gasteiger partial charge on any atom is -0.354 e. The van der Waals surface area contributed by atoms with Crippen molar-refractivity contribution in [2.24, 2.45) is 0 Å². The molecule has 1 saturated heterocycles. The summed E-state index contributed by atoms with van der Waals surface area (Å²) in [6, 6.07) is 6.00. The fraction of sp³-hybridized carbons (Fsp3) is 0.500. The second kappa shape index (κ2) is 4.39. The van der Waals surface area contributed by atoms with Gasteiger partial charge >= 0.3 is 0 Å². The zero-order valence-electron chi connectivity index (χ0n) is 8.39. The average Bonchev–Trinajstić information content (AvgIpc) is 2.30. The summed E-state index contributed by atoms with van der Waals surface area (Å²) in [5.41, 5.74) is 0. The van der Waals surface area contributed by atoms with Crippen molar-refractivity contribution in [3.05, 3.63) is 24.4 Å². The highest BCUT2D eigenvalue weighted by molar-refractivity contribution is 5.38. The first-order chi connectivity index (χ1) is 6.90. The third-order valence-corrected chi connectivity index (χ3v) is 2.47.